The Labute approximate surface area is 117 Å². The predicted molar refractivity (Wildman–Crippen MR) is 71.5 cm³/mol. The molecule has 0 aliphatic carbocycles. The van der Waals surface area contributed by atoms with Crippen LogP contribution in [0.4, 0.5) is 4.79 Å². The van der Waals surface area contributed by atoms with Gasteiger partial charge < -0.3 is 15.2 Å². The average Bonchev–Trinajstić information content (AvgIpc) is 2.73. The van der Waals surface area contributed by atoms with E-state index in [0.717, 1.165) is 8.66 Å². The van der Waals surface area contributed by atoms with Crippen LogP contribution in [0.2, 0.25) is 0 Å². The summed E-state index contributed by atoms with van der Waals surface area (Å²) in [6.07, 6.45) is -0.916. The van der Waals surface area contributed by atoms with E-state index >= 15 is 0 Å². The van der Waals surface area contributed by atoms with Gasteiger partial charge in [0.15, 0.2) is 0 Å². The lowest BCUT2D eigenvalue weighted by Crippen LogP contribution is -2.39. The Kier molecular flexibility index (Phi) is 5.15. The fraction of sp³-hybridized carbons (Fsp3) is 0.455. The summed E-state index contributed by atoms with van der Waals surface area (Å²) in [5.74, 6) is -0.444. The number of ether oxygens (including phenoxy) is 2. The van der Waals surface area contributed by atoms with Gasteiger partial charge in [0.25, 0.3) is 0 Å². The van der Waals surface area contributed by atoms with Crippen molar-refractivity contribution < 1.29 is 19.1 Å². The van der Waals surface area contributed by atoms with Crippen molar-refractivity contribution in [3.8, 4) is 0 Å². The molecule has 0 aliphatic rings. The molecule has 1 unspecified atom stereocenters. The average molecular weight is 336 g/mol. The van der Waals surface area contributed by atoms with Gasteiger partial charge in [0.1, 0.15) is 12.0 Å². The quantitative estimate of drug-likeness (QED) is 0.838. The van der Waals surface area contributed by atoms with Gasteiger partial charge in [0.05, 0.1) is 10.4 Å². The van der Waals surface area contributed by atoms with E-state index in [9.17, 15) is 9.59 Å². The highest BCUT2D eigenvalue weighted by Gasteiger charge is 2.39. The Morgan fingerprint density at radius 1 is 1.44 bits per heavy atom. The summed E-state index contributed by atoms with van der Waals surface area (Å²) in [6.45, 7) is 3.50. The summed E-state index contributed by atoms with van der Waals surface area (Å²) in [7, 11) is 0. The van der Waals surface area contributed by atoms with Gasteiger partial charge in [0, 0.05) is 4.88 Å². The number of hydrogen-bond acceptors (Lipinski definition) is 5. The number of carbonyl (C=O) groups excluding carboxylic acids is 2. The maximum absolute atomic E-state index is 12.0. The number of thiophene rings is 1. The number of halogens is 1. The van der Waals surface area contributed by atoms with Crippen LogP contribution in [-0.4, -0.2) is 25.3 Å². The first-order chi connectivity index (χ1) is 8.40. The molecule has 1 amide bonds. The van der Waals surface area contributed by atoms with Gasteiger partial charge in [-0.3, -0.25) is 4.79 Å². The first-order valence-electron chi connectivity index (χ1n) is 5.25. The molecule has 100 valence electrons. The van der Waals surface area contributed by atoms with Crippen LogP contribution in [0.3, 0.4) is 0 Å². The molecule has 0 bridgehead atoms. The second-order valence-corrected chi connectivity index (χ2v) is 6.23. The normalized spacial score (nSPS) is 13.7. The summed E-state index contributed by atoms with van der Waals surface area (Å²) in [5.41, 5.74) is 3.90. The molecular weight excluding hydrogens is 322 g/mol. The number of esters is 1. The minimum atomic E-state index is -1.04. The highest BCUT2D eigenvalue weighted by molar-refractivity contribution is 9.11. The summed E-state index contributed by atoms with van der Waals surface area (Å²) < 4.78 is 10.7. The van der Waals surface area contributed by atoms with Crippen molar-refractivity contribution in [3.63, 3.8) is 0 Å². The summed E-state index contributed by atoms with van der Waals surface area (Å²) in [4.78, 5) is 23.5. The van der Waals surface area contributed by atoms with Crippen LogP contribution in [0.1, 0.15) is 18.7 Å². The lowest BCUT2D eigenvalue weighted by atomic mass is 9.90. The van der Waals surface area contributed by atoms with Crippen molar-refractivity contribution in [2.24, 2.45) is 5.73 Å². The SMILES string of the molecule is CCOC(=O)C(C)(COC(N)=O)c1ccc(Br)s1. The van der Waals surface area contributed by atoms with Crippen LogP contribution in [-0.2, 0) is 19.7 Å². The van der Waals surface area contributed by atoms with Crippen molar-refractivity contribution in [3.05, 3.63) is 20.8 Å². The largest absolute Gasteiger partial charge is 0.465 e. The maximum atomic E-state index is 12.0. The van der Waals surface area contributed by atoms with Crippen LogP contribution in [0.25, 0.3) is 0 Å². The Hall–Kier alpha value is -1.08. The fourth-order valence-electron chi connectivity index (χ4n) is 1.35. The third kappa shape index (κ3) is 3.46. The molecule has 2 N–H and O–H groups in total. The molecule has 1 heterocycles. The van der Waals surface area contributed by atoms with E-state index in [1.165, 1.54) is 11.3 Å². The second-order valence-electron chi connectivity index (χ2n) is 3.76. The van der Waals surface area contributed by atoms with Crippen LogP contribution in [0.5, 0.6) is 0 Å². The van der Waals surface area contributed by atoms with Crippen molar-refractivity contribution in [2.75, 3.05) is 13.2 Å². The maximum Gasteiger partial charge on any atom is 0.404 e. The zero-order valence-corrected chi connectivity index (χ0v) is 12.5. The molecule has 0 fully saturated rings. The van der Waals surface area contributed by atoms with E-state index in [0.29, 0.717) is 0 Å². The molecule has 0 spiro atoms. The number of rotatable bonds is 5. The highest BCUT2D eigenvalue weighted by Crippen LogP contribution is 2.34. The first kappa shape index (κ1) is 15.0. The molecule has 1 rings (SSSR count). The molecule has 1 aromatic heterocycles. The third-order valence-corrected chi connectivity index (χ3v) is 4.23. The van der Waals surface area contributed by atoms with E-state index in [2.05, 4.69) is 15.9 Å². The molecule has 0 aromatic carbocycles. The van der Waals surface area contributed by atoms with Crippen LogP contribution >= 0.6 is 27.3 Å². The number of carbonyl (C=O) groups is 2. The molecule has 1 aromatic rings. The van der Waals surface area contributed by atoms with E-state index in [4.69, 9.17) is 15.2 Å². The lowest BCUT2D eigenvalue weighted by molar-refractivity contribution is -0.150. The Bertz CT molecular complexity index is 448. The van der Waals surface area contributed by atoms with Gasteiger partial charge in [-0.1, -0.05) is 0 Å². The van der Waals surface area contributed by atoms with E-state index < -0.39 is 17.5 Å². The number of primary amides is 1. The summed E-state index contributed by atoms with van der Waals surface area (Å²) in [5, 5.41) is 0. The van der Waals surface area contributed by atoms with E-state index in [1.54, 1.807) is 19.9 Å². The van der Waals surface area contributed by atoms with Crippen molar-refractivity contribution in [1.29, 1.82) is 0 Å². The molecule has 5 nitrogen and oxygen atoms in total. The topological polar surface area (TPSA) is 78.6 Å². The Balaban J connectivity index is 3.00. The summed E-state index contributed by atoms with van der Waals surface area (Å²) in [6, 6.07) is 3.61. The fourth-order valence-corrected chi connectivity index (χ4v) is 2.85. The van der Waals surface area contributed by atoms with Gasteiger partial charge in [0.2, 0.25) is 0 Å². The highest BCUT2D eigenvalue weighted by atomic mass is 79.9. The van der Waals surface area contributed by atoms with Crippen LogP contribution < -0.4 is 5.73 Å². The molecule has 0 saturated carbocycles. The zero-order chi connectivity index (χ0) is 13.8. The first-order valence-corrected chi connectivity index (χ1v) is 6.86. The number of nitrogens with two attached hydrogens (primary N) is 1. The summed E-state index contributed by atoms with van der Waals surface area (Å²) >= 11 is 4.71. The zero-order valence-electron chi connectivity index (χ0n) is 10.1. The molecule has 0 saturated heterocycles. The molecular formula is C11H14BrNO4S. The van der Waals surface area contributed by atoms with Gasteiger partial charge in [-0.05, 0) is 41.9 Å². The Morgan fingerprint density at radius 3 is 2.56 bits per heavy atom. The van der Waals surface area contributed by atoms with Crippen LogP contribution in [0, 0.1) is 0 Å². The van der Waals surface area contributed by atoms with Gasteiger partial charge in [-0.2, -0.15) is 0 Å². The van der Waals surface area contributed by atoms with E-state index in [-0.39, 0.29) is 13.2 Å². The smallest absolute Gasteiger partial charge is 0.404 e. The number of amides is 1. The van der Waals surface area contributed by atoms with Crippen molar-refractivity contribution in [2.45, 2.75) is 19.3 Å². The second kappa shape index (κ2) is 6.19. The molecule has 1 atom stereocenters. The molecule has 18 heavy (non-hydrogen) atoms. The van der Waals surface area contributed by atoms with Gasteiger partial charge in [-0.15, -0.1) is 11.3 Å². The van der Waals surface area contributed by atoms with Crippen molar-refractivity contribution in [1.82, 2.24) is 0 Å². The Morgan fingerprint density at radius 2 is 2.11 bits per heavy atom. The molecule has 0 radical (unpaired) electrons. The minimum absolute atomic E-state index is 0.145. The molecule has 0 aliphatic heterocycles. The third-order valence-electron chi connectivity index (χ3n) is 2.35. The monoisotopic (exact) mass is 335 g/mol. The van der Waals surface area contributed by atoms with Gasteiger partial charge in [-0.25, -0.2) is 4.79 Å². The number of hydrogen-bond donors (Lipinski definition) is 1. The molecule has 7 heteroatoms. The standard InChI is InChI=1S/C11H14BrNO4S/c1-3-16-9(14)11(2,6-17-10(13)15)7-4-5-8(12)18-7/h4-5H,3,6H2,1-2H3,(H2,13,15). The predicted octanol–water partition coefficient (Wildman–Crippen LogP) is 2.43. The van der Waals surface area contributed by atoms with Crippen LogP contribution in [0.15, 0.2) is 15.9 Å². The minimum Gasteiger partial charge on any atom is -0.465 e. The van der Waals surface area contributed by atoms with E-state index in [1.807, 2.05) is 6.07 Å². The van der Waals surface area contributed by atoms with Crippen molar-refractivity contribution >= 4 is 39.3 Å². The van der Waals surface area contributed by atoms with Gasteiger partial charge >= 0.3 is 12.1 Å². The lowest BCUT2D eigenvalue weighted by Gasteiger charge is -2.25.